The minimum Gasteiger partial charge on any atom is -0.314 e. The van der Waals surface area contributed by atoms with Gasteiger partial charge in [0.15, 0.2) is 9.84 Å². The van der Waals surface area contributed by atoms with Crippen molar-refractivity contribution in [1.82, 2.24) is 5.32 Å². The average Bonchev–Trinajstić information content (AvgIpc) is 2.72. The van der Waals surface area contributed by atoms with Crippen LogP contribution in [0.25, 0.3) is 0 Å². The van der Waals surface area contributed by atoms with Gasteiger partial charge in [0, 0.05) is 11.1 Å². The standard InChI is InChI=1S/C14H19ClFNO2S/c1-2-17-14(11-5-6-20(18,19)9-11)7-10-3-4-12(15)8-13(10)16/h3-4,8,11,14,17H,2,5-7,9H2,1H3. The van der Waals surface area contributed by atoms with Crippen LogP contribution in [0.15, 0.2) is 18.2 Å². The molecular formula is C14H19ClFNO2S. The van der Waals surface area contributed by atoms with Crippen molar-refractivity contribution in [3.63, 3.8) is 0 Å². The Morgan fingerprint density at radius 2 is 2.25 bits per heavy atom. The van der Waals surface area contributed by atoms with Gasteiger partial charge in [-0.25, -0.2) is 12.8 Å². The lowest BCUT2D eigenvalue weighted by Gasteiger charge is -2.23. The van der Waals surface area contributed by atoms with Gasteiger partial charge in [-0.3, -0.25) is 0 Å². The highest BCUT2D eigenvalue weighted by Crippen LogP contribution is 2.25. The normalized spacial score (nSPS) is 22.9. The maximum atomic E-state index is 13.9. The Balaban J connectivity index is 2.13. The monoisotopic (exact) mass is 319 g/mol. The molecular weight excluding hydrogens is 301 g/mol. The number of likely N-dealkylation sites (N-methyl/N-ethyl adjacent to an activating group) is 1. The summed E-state index contributed by atoms with van der Waals surface area (Å²) in [4.78, 5) is 0. The molecule has 112 valence electrons. The van der Waals surface area contributed by atoms with E-state index in [2.05, 4.69) is 5.32 Å². The van der Waals surface area contributed by atoms with E-state index in [1.54, 1.807) is 12.1 Å². The predicted molar refractivity (Wildman–Crippen MR) is 79.3 cm³/mol. The Morgan fingerprint density at radius 3 is 2.80 bits per heavy atom. The average molecular weight is 320 g/mol. The number of nitrogens with one attached hydrogen (secondary N) is 1. The second kappa shape index (κ2) is 6.41. The molecule has 1 aromatic rings. The first-order valence-corrected chi connectivity index (χ1v) is 8.99. The molecule has 20 heavy (non-hydrogen) atoms. The summed E-state index contributed by atoms with van der Waals surface area (Å²) >= 11 is 5.74. The van der Waals surface area contributed by atoms with Crippen molar-refractivity contribution in [1.29, 1.82) is 0 Å². The van der Waals surface area contributed by atoms with Gasteiger partial charge in [0.05, 0.1) is 11.5 Å². The third-order valence-corrected chi connectivity index (χ3v) is 5.79. The van der Waals surface area contributed by atoms with Gasteiger partial charge in [-0.15, -0.1) is 0 Å². The molecule has 2 unspecified atom stereocenters. The molecule has 0 saturated carbocycles. The summed E-state index contributed by atoms with van der Waals surface area (Å²) in [7, 11) is -2.92. The Labute approximate surface area is 124 Å². The molecule has 6 heteroatoms. The summed E-state index contributed by atoms with van der Waals surface area (Å²) in [6.45, 7) is 2.70. The van der Waals surface area contributed by atoms with Crippen molar-refractivity contribution >= 4 is 21.4 Å². The summed E-state index contributed by atoms with van der Waals surface area (Å²) in [6.07, 6.45) is 1.13. The van der Waals surface area contributed by atoms with Crippen LogP contribution < -0.4 is 5.32 Å². The van der Waals surface area contributed by atoms with E-state index < -0.39 is 9.84 Å². The molecule has 1 aliphatic heterocycles. The lowest BCUT2D eigenvalue weighted by Crippen LogP contribution is -2.38. The zero-order chi connectivity index (χ0) is 14.8. The van der Waals surface area contributed by atoms with Crippen molar-refractivity contribution in [2.75, 3.05) is 18.1 Å². The van der Waals surface area contributed by atoms with E-state index in [1.807, 2.05) is 6.92 Å². The van der Waals surface area contributed by atoms with Gasteiger partial charge in [-0.2, -0.15) is 0 Å². The van der Waals surface area contributed by atoms with Crippen LogP contribution in [0.5, 0.6) is 0 Å². The van der Waals surface area contributed by atoms with Crippen LogP contribution in [-0.2, 0) is 16.3 Å². The smallest absolute Gasteiger partial charge is 0.150 e. The number of rotatable bonds is 5. The van der Waals surface area contributed by atoms with E-state index in [0.717, 1.165) is 6.54 Å². The Kier molecular flexibility index (Phi) is 5.04. The zero-order valence-corrected chi connectivity index (χ0v) is 13.0. The van der Waals surface area contributed by atoms with Crippen LogP contribution >= 0.6 is 11.6 Å². The lowest BCUT2D eigenvalue weighted by atomic mass is 9.93. The van der Waals surface area contributed by atoms with Gasteiger partial charge in [0.25, 0.3) is 0 Å². The number of sulfone groups is 1. The van der Waals surface area contributed by atoms with Crippen LogP contribution in [0.1, 0.15) is 18.9 Å². The number of benzene rings is 1. The molecule has 1 aliphatic rings. The maximum absolute atomic E-state index is 13.9. The minimum absolute atomic E-state index is 0.0204. The second-order valence-electron chi connectivity index (χ2n) is 5.27. The van der Waals surface area contributed by atoms with Gasteiger partial charge in [-0.05, 0) is 43.0 Å². The van der Waals surface area contributed by atoms with Crippen molar-refractivity contribution in [2.45, 2.75) is 25.8 Å². The first-order chi connectivity index (χ1) is 9.41. The van der Waals surface area contributed by atoms with Crippen molar-refractivity contribution in [3.05, 3.63) is 34.6 Å². The van der Waals surface area contributed by atoms with Crippen molar-refractivity contribution in [2.24, 2.45) is 5.92 Å². The van der Waals surface area contributed by atoms with Gasteiger partial charge in [0.1, 0.15) is 5.82 Å². The van der Waals surface area contributed by atoms with E-state index in [9.17, 15) is 12.8 Å². The third-order valence-electron chi connectivity index (χ3n) is 3.76. The van der Waals surface area contributed by atoms with E-state index >= 15 is 0 Å². The van der Waals surface area contributed by atoms with E-state index in [4.69, 9.17) is 11.6 Å². The molecule has 0 radical (unpaired) electrons. The summed E-state index contributed by atoms with van der Waals surface area (Å²) in [5.74, 6) is 0.152. The van der Waals surface area contributed by atoms with Gasteiger partial charge in [-0.1, -0.05) is 24.6 Å². The van der Waals surface area contributed by atoms with Crippen LogP contribution in [-0.4, -0.2) is 32.5 Å². The van der Waals surface area contributed by atoms with E-state index in [-0.39, 0.29) is 29.3 Å². The fourth-order valence-electron chi connectivity index (χ4n) is 2.73. The van der Waals surface area contributed by atoms with Crippen LogP contribution in [0.2, 0.25) is 5.02 Å². The molecule has 1 saturated heterocycles. The lowest BCUT2D eigenvalue weighted by molar-refractivity contribution is 0.382. The molecule has 0 spiro atoms. The number of hydrogen-bond acceptors (Lipinski definition) is 3. The van der Waals surface area contributed by atoms with E-state index in [1.165, 1.54) is 6.07 Å². The summed E-state index contributed by atoms with van der Waals surface area (Å²) in [5, 5.41) is 3.66. The molecule has 0 bridgehead atoms. The Hall–Kier alpha value is -0.650. The van der Waals surface area contributed by atoms with Crippen molar-refractivity contribution < 1.29 is 12.8 Å². The molecule has 2 atom stereocenters. The SMILES string of the molecule is CCNC(Cc1ccc(Cl)cc1F)C1CCS(=O)(=O)C1. The number of hydrogen-bond donors (Lipinski definition) is 1. The maximum Gasteiger partial charge on any atom is 0.150 e. The highest BCUT2D eigenvalue weighted by atomic mass is 35.5. The second-order valence-corrected chi connectivity index (χ2v) is 7.93. The topological polar surface area (TPSA) is 46.2 Å². The molecule has 0 aromatic heterocycles. The molecule has 1 fully saturated rings. The summed E-state index contributed by atoms with van der Waals surface area (Å²) in [6, 6.07) is 4.61. The minimum atomic E-state index is -2.92. The van der Waals surface area contributed by atoms with Crippen LogP contribution in [0, 0.1) is 11.7 Å². The Bertz CT molecular complexity index is 577. The molecule has 1 aromatic carbocycles. The summed E-state index contributed by atoms with van der Waals surface area (Å²) in [5.41, 5.74) is 0.574. The zero-order valence-electron chi connectivity index (χ0n) is 11.4. The quantitative estimate of drug-likeness (QED) is 0.906. The van der Waals surface area contributed by atoms with Crippen LogP contribution in [0.4, 0.5) is 4.39 Å². The predicted octanol–water partition coefficient (Wildman–Crippen LogP) is 2.43. The van der Waals surface area contributed by atoms with Gasteiger partial charge < -0.3 is 5.32 Å². The highest BCUT2D eigenvalue weighted by molar-refractivity contribution is 7.91. The molecule has 2 rings (SSSR count). The van der Waals surface area contributed by atoms with Gasteiger partial charge in [0.2, 0.25) is 0 Å². The third kappa shape index (κ3) is 3.93. The fraction of sp³-hybridized carbons (Fsp3) is 0.571. The molecule has 1 N–H and O–H groups in total. The fourth-order valence-corrected chi connectivity index (χ4v) is 4.77. The molecule has 0 amide bonds. The largest absolute Gasteiger partial charge is 0.314 e. The highest BCUT2D eigenvalue weighted by Gasteiger charge is 2.33. The van der Waals surface area contributed by atoms with Crippen molar-refractivity contribution in [3.8, 4) is 0 Å². The summed E-state index contributed by atoms with van der Waals surface area (Å²) < 4.78 is 37.0. The van der Waals surface area contributed by atoms with E-state index in [0.29, 0.717) is 23.4 Å². The molecule has 3 nitrogen and oxygen atoms in total. The molecule has 1 heterocycles. The first-order valence-electron chi connectivity index (χ1n) is 6.79. The number of halogens is 2. The van der Waals surface area contributed by atoms with Gasteiger partial charge >= 0.3 is 0 Å². The molecule has 0 aliphatic carbocycles. The first kappa shape index (κ1) is 15.7. The van der Waals surface area contributed by atoms with Crippen LogP contribution in [0.3, 0.4) is 0 Å². The Morgan fingerprint density at radius 1 is 1.50 bits per heavy atom.